The average Bonchev–Trinajstić information content (AvgIpc) is 3.34. The lowest BCUT2D eigenvalue weighted by atomic mass is 9.73. The number of fused-ring (bicyclic) bond motifs is 1. The number of ether oxygens (including phenoxy) is 1. The molecule has 3 aliphatic heterocycles. The van der Waals surface area contributed by atoms with Crippen molar-refractivity contribution in [2.45, 2.75) is 38.4 Å². The van der Waals surface area contributed by atoms with Crippen molar-refractivity contribution >= 4 is 11.7 Å². The molecule has 6 nitrogen and oxygen atoms in total. The van der Waals surface area contributed by atoms with Crippen LogP contribution in [0.5, 0.6) is 0 Å². The van der Waals surface area contributed by atoms with Crippen LogP contribution in [-0.2, 0) is 4.74 Å². The standard InChI is InChI=1S/C22H26N4O2/c1-14-9-16(10-15(2)25-14)21(27)24-11-17-18-12-26(20-5-3-4-8-23-20)13-22(18)7-6-19(17)28-22/h3-5,8-10,17-19H,6-7,11-13H2,1-2H3,(H,24,27)/t17-,18+,19+,22+/m0/s1. The van der Waals surface area contributed by atoms with E-state index in [4.69, 9.17) is 4.74 Å². The first-order valence-corrected chi connectivity index (χ1v) is 10.1. The average molecular weight is 378 g/mol. The number of anilines is 1. The molecule has 5 heterocycles. The predicted octanol–water partition coefficient (Wildman–Crippen LogP) is 2.51. The second-order valence-electron chi connectivity index (χ2n) is 8.45. The van der Waals surface area contributed by atoms with Crippen LogP contribution < -0.4 is 10.2 Å². The molecule has 4 atom stereocenters. The number of hydrogen-bond donors (Lipinski definition) is 1. The van der Waals surface area contributed by atoms with Crippen LogP contribution in [0.1, 0.15) is 34.6 Å². The lowest BCUT2D eigenvalue weighted by Gasteiger charge is -2.29. The van der Waals surface area contributed by atoms with Crippen LogP contribution in [0.2, 0.25) is 0 Å². The molecule has 0 unspecified atom stereocenters. The van der Waals surface area contributed by atoms with E-state index in [1.807, 2.05) is 44.3 Å². The summed E-state index contributed by atoms with van der Waals surface area (Å²) in [6.45, 7) is 6.34. The van der Waals surface area contributed by atoms with Crippen LogP contribution >= 0.6 is 0 Å². The van der Waals surface area contributed by atoms with E-state index in [9.17, 15) is 4.79 Å². The first-order valence-electron chi connectivity index (χ1n) is 10.1. The molecule has 1 amide bonds. The Hall–Kier alpha value is -2.47. The number of rotatable bonds is 4. The lowest BCUT2D eigenvalue weighted by molar-refractivity contribution is 0.0141. The Labute approximate surface area is 165 Å². The highest BCUT2D eigenvalue weighted by Crippen LogP contribution is 2.55. The molecule has 146 valence electrons. The molecule has 0 aliphatic carbocycles. The quantitative estimate of drug-likeness (QED) is 0.885. The minimum Gasteiger partial charge on any atom is -0.369 e. The van der Waals surface area contributed by atoms with Gasteiger partial charge in [-0.2, -0.15) is 0 Å². The van der Waals surface area contributed by atoms with Gasteiger partial charge in [0.25, 0.3) is 5.91 Å². The molecular weight excluding hydrogens is 352 g/mol. The molecule has 0 aromatic carbocycles. The van der Waals surface area contributed by atoms with E-state index in [1.54, 1.807) is 0 Å². The summed E-state index contributed by atoms with van der Waals surface area (Å²) in [5.41, 5.74) is 2.36. The summed E-state index contributed by atoms with van der Waals surface area (Å²) in [5.74, 6) is 1.79. The number of nitrogens with one attached hydrogen (secondary N) is 1. The summed E-state index contributed by atoms with van der Waals surface area (Å²) < 4.78 is 6.49. The molecule has 1 spiro atoms. The molecule has 6 heteroatoms. The predicted molar refractivity (Wildman–Crippen MR) is 106 cm³/mol. The Kier molecular flexibility index (Phi) is 4.12. The monoisotopic (exact) mass is 378 g/mol. The molecule has 2 aromatic heterocycles. The maximum atomic E-state index is 12.7. The summed E-state index contributed by atoms with van der Waals surface area (Å²) in [7, 11) is 0. The van der Waals surface area contributed by atoms with Gasteiger partial charge < -0.3 is 15.0 Å². The van der Waals surface area contributed by atoms with Gasteiger partial charge in [-0.05, 0) is 51.0 Å². The summed E-state index contributed by atoms with van der Waals surface area (Å²) in [4.78, 5) is 23.9. The first-order chi connectivity index (χ1) is 13.5. The maximum Gasteiger partial charge on any atom is 0.251 e. The van der Waals surface area contributed by atoms with Crippen molar-refractivity contribution in [2.24, 2.45) is 11.8 Å². The number of aryl methyl sites for hydroxylation is 2. The van der Waals surface area contributed by atoms with Crippen LogP contribution in [0.15, 0.2) is 36.5 Å². The summed E-state index contributed by atoms with van der Waals surface area (Å²) in [5, 5.41) is 3.16. The van der Waals surface area contributed by atoms with E-state index >= 15 is 0 Å². The van der Waals surface area contributed by atoms with Gasteiger partial charge in [0.2, 0.25) is 0 Å². The molecule has 2 aromatic rings. The molecule has 3 saturated heterocycles. The fraction of sp³-hybridized carbons (Fsp3) is 0.500. The van der Waals surface area contributed by atoms with Gasteiger partial charge in [-0.25, -0.2) is 4.98 Å². The topological polar surface area (TPSA) is 67.4 Å². The van der Waals surface area contributed by atoms with Gasteiger partial charge >= 0.3 is 0 Å². The van der Waals surface area contributed by atoms with Crippen LogP contribution in [0.25, 0.3) is 0 Å². The van der Waals surface area contributed by atoms with E-state index in [1.165, 1.54) is 0 Å². The normalized spacial score (nSPS) is 30.5. The number of aromatic nitrogens is 2. The second kappa shape index (κ2) is 6.55. The third kappa shape index (κ3) is 2.87. The molecular formula is C22H26N4O2. The third-order valence-corrected chi connectivity index (χ3v) is 6.60. The highest BCUT2D eigenvalue weighted by molar-refractivity contribution is 5.94. The van der Waals surface area contributed by atoms with E-state index in [0.717, 1.165) is 43.1 Å². The van der Waals surface area contributed by atoms with Crippen LogP contribution in [0.4, 0.5) is 5.82 Å². The number of carbonyl (C=O) groups is 1. The summed E-state index contributed by atoms with van der Waals surface area (Å²) >= 11 is 0. The van der Waals surface area contributed by atoms with Gasteiger partial charge in [0.1, 0.15) is 5.82 Å². The second-order valence-corrected chi connectivity index (χ2v) is 8.45. The van der Waals surface area contributed by atoms with Crippen molar-refractivity contribution in [1.82, 2.24) is 15.3 Å². The Morgan fingerprint density at radius 2 is 2.14 bits per heavy atom. The molecule has 5 rings (SSSR count). The van der Waals surface area contributed by atoms with Crippen LogP contribution in [-0.4, -0.2) is 47.2 Å². The minimum atomic E-state index is -0.0680. The van der Waals surface area contributed by atoms with Crippen molar-refractivity contribution in [3.05, 3.63) is 53.5 Å². The molecule has 0 saturated carbocycles. The zero-order chi connectivity index (χ0) is 19.3. The van der Waals surface area contributed by atoms with E-state index in [0.29, 0.717) is 23.9 Å². The van der Waals surface area contributed by atoms with Crippen molar-refractivity contribution in [2.75, 3.05) is 24.5 Å². The fourth-order valence-corrected chi connectivity index (χ4v) is 5.46. The SMILES string of the molecule is Cc1cc(C(=O)NC[C@H]2[C@H]3CN(c4ccccn4)C[C@]34CC[C@H]2O4)cc(C)n1. The highest BCUT2D eigenvalue weighted by Gasteiger charge is 2.63. The molecule has 1 N–H and O–H groups in total. The Morgan fingerprint density at radius 3 is 2.89 bits per heavy atom. The first kappa shape index (κ1) is 17.6. The van der Waals surface area contributed by atoms with E-state index < -0.39 is 0 Å². The Bertz CT molecular complexity index is 882. The lowest BCUT2D eigenvalue weighted by Crippen LogP contribution is -2.41. The van der Waals surface area contributed by atoms with Gasteiger partial charge in [0.05, 0.1) is 11.7 Å². The number of pyridine rings is 2. The summed E-state index contributed by atoms with van der Waals surface area (Å²) in [6.07, 6.45) is 4.30. The number of amides is 1. The third-order valence-electron chi connectivity index (χ3n) is 6.60. The molecule has 0 radical (unpaired) electrons. The molecule has 3 fully saturated rings. The number of nitrogens with zero attached hydrogens (tertiary/aromatic N) is 3. The van der Waals surface area contributed by atoms with Crippen molar-refractivity contribution in [3.8, 4) is 0 Å². The Morgan fingerprint density at radius 1 is 1.32 bits per heavy atom. The van der Waals surface area contributed by atoms with Gasteiger partial charge in [-0.15, -0.1) is 0 Å². The smallest absolute Gasteiger partial charge is 0.251 e. The van der Waals surface area contributed by atoms with Gasteiger partial charge in [0, 0.05) is 54.6 Å². The van der Waals surface area contributed by atoms with Crippen molar-refractivity contribution in [3.63, 3.8) is 0 Å². The fourth-order valence-electron chi connectivity index (χ4n) is 5.46. The van der Waals surface area contributed by atoms with Gasteiger partial charge in [-0.3, -0.25) is 9.78 Å². The largest absolute Gasteiger partial charge is 0.369 e. The molecule has 2 bridgehead atoms. The van der Waals surface area contributed by atoms with Crippen molar-refractivity contribution < 1.29 is 9.53 Å². The number of hydrogen-bond acceptors (Lipinski definition) is 5. The van der Waals surface area contributed by atoms with E-state index in [2.05, 4.69) is 26.3 Å². The highest BCUT2D eigenvalue weighted by atomic mass is 16.5. The minimum absolute atomic E-state index is 0.0231. The molecule has 28 heavy (non-hydrogen) atoms. The van der Waals surface area contributed by atoms with Crippen LogP contribution in [0.3, 0.4) is 0 Å². The van der Waals surface area contributed by atoms with Gasteiger partial charge in [-0.1, -0.05) is 6.07 Å². The van der Waals surface area contributed by atoms with Crippen LogP contribution in [0, 0.1) is 25.7 Å². The Balaban J connectivity index is 1.29. The van der Waals surface area contributed by atoms with E-state index in [-0.39, 0.29) is 17.6 Å². The molecule has 3 aliphatic rings. The summed E-state index contributed by atoms with van der Waals surface area (Å²) in [6, 6.07) is 9.73. The van der Waals surface area contributed by atoms with Gasteiger partial charge in [0.15, 0.2) is 0 Å². The number of carbonyl (C=O) groups excluding carboxylic acids is 1. The van der Waals surface area contributed by atoms with Crippen molar-refractivity contribution in [1.29, 1.82) is 0 Å². The zero-order valence-corrected chi connectivity index (χ0v) is 16.4. The zero-order valence-electron chi connectivity index (χ0n) is 16.4. The maximum absolute atomic E-state index is 12.7.